The van der Waals surface area contributed by atoms with Crippen molar-refractivity contribution in [2.24, 2.45) is 0 Å². The molecule has 1 atom stereocenters. The number of hydrogen-bond donors (Lipinski definition) is 1. The van der Waals surface area contributed by atoms with Gasteiger partial charge in [-0.1, -0.05) is 0 Å². The molecule has 0 aromatic rings. The van der Waals surface area contributed by atoms with E-state index in [0.717, 1.165) is 7.11 Å². The summed E-state index contributed by atoms with van der Waals surface area (Å²) < 4.78 is 4.39. The Morgan fingerprint density at radius 1 is 1.73 bits per heavy atom. The van der Waals surface area contributed by atoms with E-state index in [1.54, 1.807) is 6.92 Å². The lowest BCUT2D eigenvalue weighted by atomic mass is 10.5. The minimum atomic E-state index is -1.15. The third-order valence-corrected chi connectivity index (χ3v) is 0.912. The number of rotatable bonds is 3. The van der Waals surface area contributed by atoms with Crippen LogP contribution in [0.5, 0.6) is 0 Å². The molecule has 0 spiro atoms. The highest BCUT2D eigenvalue weighted by atomic mass is 35.5. The van der Waals surface area contributed by atoms with Crippen LogP contribution in [0.3, 0.4) is 0 Å². The summed E-state index contributed by atoms with van der Waals surface area (Å²) in [5.41, 5.74) is 0. The number of esters is 1. The first-order chi connectivity index (χ1) is 5.22. The number of halogens is 1. The SMILES string of the molecule is CCOC(=O)C(Cl)C=O.CO. The molecule has 1 unspecified atom stereocenters. The Hall–Kier alpha value is -0.610. The molecule has 0 aliphatic rings. The van der Waals surface area contributed by atoms with E-state index in [9.17, 15) is 9.59 Å². The minimum Gasteiger partial charge on any atom is -0.465 e. The first-order valence-corrected chi connectivity index (χ1v) is 3.36. The summed E-state index contributed by atoms with van der Waals surface area (Å²) >= 11 is 5.15. The van der Waals surface area contributed by atoms with Gasteiger partial charge >= 0.3 is 5.97 Å². The number of carbonyl (C=O) groups excluding carboxylic acids is 2. The molecule has 0 aromatic heterocycles. The van der Waals surface area contributed by atoms with Crippen molar-refractivity contribution in [1.29, 1.82) is 0 Å². The van der Waals surface area contributed by atoms with Crippen LogP contribution in [0.15, 0.2) is 0 Å². The van der Waals surface area contributed by atoms with E-state index in [2.05, 4.69) is 4.74 Å². The van der Waals surface area contributed by atoms with Gasteiger partial charge in [-0.05, 0) is 6.92 Å². The average molecular weight is 183 g/mol. The number of aliphatic hydroxyl groups excluding tert-OH is 1. The normalized spacial score (nSPS) is 10.5. The van der Waals surface area contributed by atoms with Crippen molar-refractivity contribution in [3.8, 4) is 0 Å². The molecular weight excluding hydrogens is 172 g/mol. The maximum Gasteiger partial charge on any atom is 0.331 e. The third-order valence-electron chi connectivity index (χ3n) is 0.631. The van der Waals surface area contributed by atoms with Crippen molar-refractivity contribution in [2.75, 3.05) is 13.7 Å². The maximum atomic E-state index is 10.4. The first-order valence-electron chi connectivity index (χ1n) is 2.93. The summed E-state index contributed by atoms with van der Waals surface area (Å²) in [5.74, 6) is -0.686. The average Bonchev–Trinajstić information content (AvgIpc) is 2.07. The predicted octanol–water partition coefficient (Wildman–Crippen LogP) is -0.0357. The topological polar surface area (TPSA) is 63.6 Å². The fraction of sp³-hybridized carbons (Fsp3) is 0.667. The quantitative estimate of drug-likeness (QED) is 0.288. The van der Waals surface area contributed by atoms with Crippen LogP contribution >= 0.6 is 11.6 Å². The number of aldehydes is 1. The van der Waals surface area contributed by atoms with Gasteiger partial charge in [-0.15, -0.1) is 11.6 Å². The zero-order chi connectivity index (χ0) is 9.28. The van der Waals surface area contributed by atoms with E-state index in [4.69, 9.17) is 16.7 Å². The molecule has 0 saturated heterocycles. The second kappa shape index (κ2) is 9.39. The van der Waals surface area contributed by atoms with Crippen molar-refractivity contribution in [3.63, 3.8) is 0 Å². The molecule has 1 N–H and O–H groups in total. The van der Waals surface area contributed by atoms with Crippen LogP contribution in [-0.2, 0) is 14.3 Å². The fourth-order valence-corrected chi connectivity index (χ4v) is 0.340. The van der Waals surface area contributed by atoms with Crippen LogP contribution in [0.2, 0.25) is 0 Å². The molecule has 0 saturated carbocycles. The zero-order valence-electron chi connectivity index (χ0n) is 6.41. The van der Waals surface area contributed by atoms with Crippen molar-refractivity contribution in [3.05, 3.63) is 0 Å². The summed E-state index contributed by atoms with van der Waals surface area (Å²) in [4.78, 5) is 20.2. The van der Waals surface area contributed by atoms with E-state index in [1.807, 2.05) is 0 Å². The third kappa shape index (κ3) is 7.29. The van der Waals surface area contributed by atoms with E-state index in [-0.39, 0.29) is 6.61 Å². The van der Waals surface area contributed by atoms with Crippen LogP contribution in [0.1, 0.15) is 6.92 Å². The van der Waals surface area contributed by atoms with Gasteiger partial charge in [0.2, 0.25) is 0 Å². The highest BCUT2D eigenvalue weighted by Gasteiger charge is 2.13. The second-order valence-electron chi connectivity index (χ2n) is 1.29. The summed E-state index contributed by atoms with van der Waals surface area (Å²) in [7, 11) is 1.00. The summed E-state index contributed by atoms with van der Waals surface area (Å²) in [5, 5.41) is 5.85. The second-order valence-corrected chi connectivity index (χ2v) is 1.76. The highest BCUT2D eigenvalue weighted by molar-refractivity contribution is 6.37. The molecule has 0 rings (SSSR count). The molecule has 0 amide bonds. The molecule has 5 heteroatoms. The first kappa shape index (κ1) is 13.0. The Morgan fingerprint density at radius 3 is 2.45 bits per heavy atom. The predicted molar refractivity (Wildman–Crippen MR) is 40.5 cm³/mol. The maximum absolute atomic E-state index is 10.4. The lowest BCUT2D eigenvalue weighted by Crippen LogP contribution is -2.18. The summed E-state index contributed by atoms with van der Waals surface area (Å²) in [6.45, 7) is 1.89. The van der Waals surface area contributed by atoms with Crippen LogP contribution in [0.25, 0.3) is 0 Å². The summed E-state index contributed by atoms with van der Waals surface area (Å²) in [6, 6.07) is 0. The lowest BCUT2D eigenvalue weighted by molar-refractivity contribution is -0.143. The number of carbonyl (C=O) groups is 2. The molecule has 0 fully saturated rings. The van der Waals surface area contributed by atoms with Gasteiger partial charge in [0.15, 0.2) is 5.38 Å². The zero-order valence-corrected chi connectivity index (χ0v) is 7.17. The Bertz CT molecular complexity index is 115. The molecule has 0 aliphatic heterocycles. The fourth-order valence-electron chi connectivity index (χ4n) is 0.277. The van der Waals surface area contributed by atoms with Gasteiger partial charge in [-0.25, -0.2) is 4.79 Å². The number of aliphatic hydroxyl groups is 1. The summed E-state index contributed by atoms with van der Waals surface area (Å²) in [6.07, 6.45) is 0.333. The van der Waals surface area contributed by atoms with Crippen molar-refractivity contribution in [2.45, 2.75) is 12.3 Å². The van der Waals surface area contributed by atoms with E-state index < -0.39 is 11.3 Å². The lowest BCUT2D eigenvalue weighted by Gasteiger charge is -1.99. The van der Waals surface area contributed by atoms with Gasteiger partial charge in [0.25, 0.3) is 0 Å². The van der Waals surface area contributed by atoms with Gasteiger partial charge in [-0.2, -0.15) is 0 Å². The van der Waals surface area contributed by atoms with Crippen LogP contribution < -0.4 is 0 Å². The van der Waals surface area contributed by atoms with Gasteiger partial charge in [0, 0.05) is 7.11 Å². The van der Waals surface area contributed by atoms with Crippen molar-refractivity contribution < 1.29 is 19.4 Å². The Balaban J connectivity index is 0. The molecule has 4 nitrogen and oxygen atoms in total. The molecular formula is C6H11ClO4. The van der Waals surface area contributed by atoms with E-state index >= 15 is 0 Å². The minimum absolute atomic E-state index is 0.246. The number of ether oxygens (including phenoxy) is 1. The monoisotopic (exact) mass is 182 g/mol. The van der Waals surface area contributed by atoms with Crippen molar-refractivity contribution in [1.82, 2.24) is 0 Å². The van der Waals surface area contributed by atoms with Crippen LogP contribution in [0, 0.1) is 0 Å². The van der Waals surface area contributed by atoms with Gasteiger partial charge in [0.05, 0.1) is 6.61 Å². The van der Waals surface area contributed by atoms with Crippen LogP contribution in [0.4, 0.5) is 0 Å². The molecule has 0 aliphatic carbocycles. The standard InChI is InChI=1S/C5H7ClO3.CH4O/c1-2-9-5(8)4(6)3-7;1-2/h3-4H,2H2,1H3;2H,1H3. The molecule has 0 radical (unpaired) electrons. The Labute approximate surface area is 70.1 Å². The van der Waals surface area contributed by atoms with Gasteiger partial charge in [-0.3, -0.25) is 0 Å². The van der Waals surface area contributed by atoms with Gasteiger partial charge < -0.3 is 14.6 Å². The number of hydrogen-bond acceptors (Lipinski definition) is 4. The van der Waals surface area contributed by atoms with Crippen LogP contribution in [-0.4, -0.2) is 36.5 Å². The van der Waals surface area contributed by atoms with E-state index in [1.165, 1.54) is 0 Å². The van der Waals surface area contributed by atoms with Gasteiger partial charge in [0.1, 0.15) is 6.29 Å². The number of alkyl halides is 1. The largest absolute Gasteiger partial charge is 0.465 e. The molecule has 0 heterocycles. The van der Waals surface area contributed by atoms with Crippen molar-refractivity contribution >= 4 is 23.9 Å². The van der Waals surface area contributed by atoms with E-state index in [0.29, 0.717) is 6.29 Å². The Kier molecular flexibility index (Phi) is 11.1. The molecule has 0 bridgehead atoms. The Morgan fingerprint density at radius 2 is 2.18 bits per heavy atom. The smallest absolute Gasteiger partial charge is 0.331 e. The molecule has 11 heavy (non-hydrogen) atoms. The highest BCUT2D eigenvalue weighted by Crippen LogP contribution is 1.93. The molecule has 0 aromatic carbocycles. The molecule has 66 valence electrons.